The molecule has 2 fully saturated rings. The summed E-state index contributed by atoms with van der Waals surface area (Å²) in [6.07, 6.45) is 0.617. The van der Waals surface area contributed by atoms with E-state index in [1.807, 2.05) is 25.1 Å². The summed E-state index contributed by atoms with van der Waals surface area (Å²) < 4.78 is 18.2. The van der Waals surface area contributed by atoms with E-state index in [-0.39, 0.29) is 75.8 Å². The lowest BCUT2D eigenvalue weighted by Crippen LogP contribution is -2.56. The maximum atomic E-state index is 13.5. The number of aromatic nitrogens is 2. The summed E-state index contributed by atoms with van der Waals surface area (Å²) in [7, 11) is 0. The molecule has 48 heavy (non-hydrogen) atoms. The quantitative estimate of drug-likeness (QED) is 0.293. The van der Waals surface area contributed by atoms with Gasteiger partial charge in [-0.25, -0.2) is 9.48 Å². The van der Waals surface area contributed by atoms with Crippen LogP contribution in [0.25, 0.3) is 5.69 Å². The van der Waals surface area contributed by atoms with Crippen molar-refractivity contribution in [1.82, 2.24) is 29.8 Å². The molecule has 15 nitrogen and oxygen atoms in total. The maximum Gasteiger partial charge on any atom is 0.409 e. The van der Waals surface area contributed by atoms with Gasteiger partial charge in [0.05, 0.1) is 18.3 Å². The van der Waals surface area contributed by atoms with Gasteiger partial charge in [-0.15, -0.1) is 0 Å². The fraction of sp³-hybridized carbons (Fsp3) is 0.455. The summed E-state index contributed by atoms with van der Waals surface area (Å²) in [6.45, 7) is 4.91. The van der Waals surface area contributed by atoms with Crippen molar-refractivity contribution in [3.63, 3.8) is 0 Å². The van der Waals surface area contributed by atoms with Crippen molar-refractivity contribution in [3.8, 4) is 11.6 Å². The highest BCUT2D eigenvalue weighted by Crippen LogP contribution is 2.33. The van der Waals surface area contributed by atoms with Gasteiger partial charge in [-0.2, -0.15) is 5.10 Å². The number of rotatable bonds is 12. The molecule has 4 heterocycles. The molecule has 2 aliphatic rings. The number of para-hydroxylation sites is 1. The number of hydrogen-bond acceptors (Lipinski definition) is 9. The summed E-state index contributed by atoms with van der Waals surface area (Å²) in [5.74, 6) is -0.938. The molecule has 0 bridgehead atoms. The Morgan fingerprint density at radius 1 is 1.02 bits per heavy atom. The van der Waals surface area contributed by atoms with Gasteiger partial charge < -0.3 is 39.0 Å². The highest BCUT2D eigenvalue weighted by molar-refractivity contribution is 5.96. The van der Waals surface area contributed by atoms with Crippen molar-refractivity contribution in [1.29, 1.82) is 0 Å². The fourth-order valence-corrected chi connectivity index (χ4v) is 5.85. The second-order valence-corrected chi connectivity index (χ2v) is 11.6. The molecular formula is C33H40N6O9. The van der Waals surface area contributed by atoms with Crippen LogP contribution < -0.4 is 10.1 Å². The predicted octanol–water partition coefficient (Wildman–Crippen LogP) is 2.78. The summed E-state index contributed by atoms with van der Waals surface area (Å²) >= 11 is 0. The molecule has 2 atom stereocenters. The number of hydrogen-bond donors (Lipinski definition) is 2. The smallest absolute Gasteiger partial charge is 0.409 e. The van der Waals surface area contributed by atoms with E-state index in [4.69, 9.17) is 13.9 Å². The van der Waals surface area contributed by atoms with Gasteiger partial charge >= 0.3 is 12.1 Å². The van der Waals surface area contributed by atoms with Crippen molar-refractivity contribution >= 4 is 29.8 Å². The Morgan fingerprint density at radius 3 is 2.42 bits per heavy atom. The third-order valence-electron chi connectivity index (χ3n) is 8.28. The van der Waals surface area contributed by atoms with Crippen LogP contribution in [0.3, 0.4) is 0 Å². The van der Waals surface area contributed by atoms with Gasteiger partial charge in [0.1, 0.15) is 17.6 Å². The molecule has 0 spiro atoms. The molecule has 4 amide bonds. The Balaban J connectivity index is 1.30. The lowest BCUT2D eigenvalue weighted by Gasteiger charge is -2.35. The first-order valence-corrected chi connectivity index (χ1v) is 16.0. The van der Waals surface area contributed by atoms with Crippen LogP contribution in [0.1, 0.15) is 60.7 Å². The van der Waals surface area contributed by atoms with E-state index in [1.165, 1.54) is 20.5 Å². The number of aryl methyl sites for hydroxylation is 1. The monoisotopic (exact) mass is 664 g/mol. The minimum absolute atomic E-state index is 0.0910. The molecule has 0 aliphatic carbocycles. The van der Waals surface area contributed by atoms with Crippen LogP contribution in [0.2, 0.25) is 0 Å². The number of aliphatic carboxylic acids is 1. The second kappa shape index (κ2) is 15.5. The van der Waals surface area contributed by atoms with Crippen molar-refractivity contribution < 1.29 is 43.0 Å². The van der Waals surface area contributed by atoms with Gasteiger partial charge in [0.15, 0.2) is 12.3 Å². The van der Waals surface area contributed by atoms with Crippen molar-refractivity contribution in [2.24, 2.45) is 0 Å². The van der Waals surface area contributed by atoms with E-state index in [2.05, 4.69) is 10.4 Å². The number of amides is 4. The van der Waals surface area contributed by atoms with Gasteiger partial charge in [0, 0.05) is 45.2 Å². The van der Waals surface area contributed by atoms with Crippen molar-refractivity contribution in [2.75, 3.05) is 45.9 Å². The zero-order valence-corrected chi connectivity index (χ0v) is 27.0. The van der Waals surface area contributed by atoms with E-state index >= 15 is 0 Å². The van der Waals surface area contributed by atoms with E-state index in [9.17, 15) is 29.1 Å². The average Bonchev–Trinajstić information content (AvgIpc) is 3.85. The number of carbonyl (C=O) groups is 5. The number of furan rings is 1. The van der Waals surface area contributed by atoms with Crippen molar-refractivity contribution in [3.05, 3.63) is 65.7 Å². The van der Waals surface area contributed by atoms with Gasteiger partial charge in [-0.05, 0) is 57.4 Å². The first-order valence-electron chi connectivity index (χ1n) is 16.0. The summed E-state index contributed by atoms with van der Waals surface area (Å²) in [6, 6.07) is 12.7. The Kier molecular flexibility index (Phi) is 11.0. The molecule has 2 aliphatic heterocycles. The fourth-order valence-electron chi connectivity index (χ4n) is 5.85. The number of nitrogens with zero attached hydrogens (tertiary/aromatic N) is 5. The Morgan fingerprint density at radius 2 is 1.75 bits per heavy atom. The molecule has 2 aromatic heterocycles. The van der Waals surface area contributed by atoms with Crippen LogP contribution in [0.4, 0.5) is 4.79 Å². The van der Waals surface area contributed by atoms with Gasteiger partial charge in [0.2, 0.25) is 11.8 Å². The van der Waals surface area contributed by atoms with Crippen LogP contribution in [0.15, 0.2) is 52.9 Å². The number of ether oxygens (including phenoxy) is 2. The lowest BCUT2D eigenvalue weighted by atomic mass is 10.1. The average molecular weight is 665 g/mol. The standard InChI is InChI=1S/C33H40N6O9/c1-3-46-33(45)37-18-16-36(17-19-37)32(44)24(12-14-30(41)42)34-31(43)25-20-29(39(35-25)23-8-5-4-6-9-23)47-21-28(40)38-15-7-10-26(38)27-13-11-22(2)48-27/h4-6,8-9,11,13,20,24,26H,3,7,10,12,14-19,21H2,1-2H3,(H,34,43)(H,41,42)/t24-,26?/m0/s1. The first-order chi connectivity index (χ1) is 23.1. The van der Waals surface area contributed by atoms with E-state index in [1.54, 1.807) is 36.1 Å². The highest BCUT2D eigenvalue weighted by Gasteiger charge is 2.34. The number of piperazine rings is 1. The second-order valence-electron chi connectivity index (χ2n) is 11.6. The Hall–Kier alpha value is -5.34. The van der Waals surface area contributed by atoms with E-state index < -0.39 is 29.9 Å². The van der Waals surface area contributed by atoms with Crippen LogP contribution in [-0.4, -0.2) is 111 Å². The van der Waals surface area contributed by atoms with Crippen LogP contribution in [-0.2, 0) is 19.1 Å². The predicted molar refractivity (Wildman–Crippen MR) is 169 cm³/mol. The van der Waals surface area contributed by atoms with Gasteiger partial charge in [-0.3, -0.25) is 19.2 Å². The highest BCUT2D eigenvalue weighted by atomic mass is 16.6. The van der Waals surface area contributed by atoms with E-state index in [0.29, 0.717) is 12.2 Å². The van der Waals surface area contributed by atoms with Crippen molar-refractivity contribution in [2.45, 2.75) is 51.6 Å². The van der Waals surface area contributed by atoms with Crippen LogP contribution in [0.5, 0.6) is 5.88 Å². The summed E-state index contributed by atoms with van der Waals surface area (Å²) in [4.78, 5) is 68.5. The Labute approximate surface area is 277 Å². The molecule has 15 heteroatoms. The zero-order valence-electron chi connectivity index (χ0n) is 27.0. The normalized spacial score (nSPS) is 16.8. The zero-order chi connectivity index (χ0) is 34.2. The molecule has 1 aromatic carbocycles. The third-order valence-corrected chi connectivity index (χ3v) is 8.28. The van der Waals surface area contributed by atoms with Crippen LogP contribution in [0, 0.1) is 6.92 Å². The molecule has 3 aromatic rings. The molecule has 256 valence electrons. The molecule has 0 saturated carbocycles. The molecule has 1 unspecified atom stereocenters. The molecule has 0 radical (unpaired) electrons. The summed E-state index contributed by atoms with van der Waals surface area (Å²) in [5.41, 5.74) is 0.480. The third kappa shape index (κ3) is 8.14. The minimum Gasteiger partial charge on any atom is -0.481 e. The first kappa shape index (κ1) is 34.0. The number of benzene rings is 1. The summed E-state index contributed by atoms with van der Waals surface area (Å²) in [5, 5.41) is 16.4. The number of carboxylic acid groups (broad SMARTS) is 1. The molecule has 2 saturated heterocycles. The number of likely N-dealkylation sites (tertiary alicyclic amines) is 1. The molecule has 2 N–H and O–H groups in total. The lowest BCUT2D eigenvalue weighted by molar-refractivity contribution is -0.138. The molecular weight excluding hydrogens is 624 g/mol. The van der Waals surface area contributed by atoms with Gasteiger partial charge in [0.25, 0.3) is 11.8 Å². The maximum absolute atomic E-state index is 13.5. The number of carboxylic acids is 1. The number of carbonyl (C=O) groups excluding carboxylic acids is 4. The van der Waals surface area contributed by atoms with Crippen LogP contribution >= 0.6 is 0 Å². The Bertz CT molecular complexity index is 1610. The van der Waals surface area contributed by atoms with E-state index in [0.717, 1.165) is 24.4 Å². The minimum atomic E-state index is -1.16. The SMILES string of the molecule is CCOC(=O)N1CCN(C(=O)[C@H](CCC(=O)O)NC(=O)c2cc(OCC(=O)N3CCCC3c3ccc(C)o3)n(-c3ccccc3)n2)CC1. The van der Waals surface area contributed by atoms with Gasteiger partial charge in [-0.1, -0.05) is 18.2 Å². The number of nitrogens with one attached hydrogen (secondary N) is 1. The molecule has 5 rings (SSSR count). The topological polar surface area (TPSA) is 177 Å². The largest absolute Gasteiger partial charge is 0.481 e.